The van der Waals surface area contributed by atoms with Crippen LogP contribution in [-0.4, -0.2) is 79.3 Å². The maximum atomic E-state index is 12.6. The molecule has 2 aromatic carbocycles. The number of morpholine rings is 1. The Kier molecular flexibility index (Phi) is 8.52. The number of carbonyl (C=O) groups excluding carboxylic acids is 1. The number of nitrogens with zero attached hydrogens (tertiary/aromatic N) is 2. The molecule has 1 aliphatic rings. The van der Waals surface area contributed by atoms with Gasteiger partial charge in [-0.3, -0.25) is 9.10 Å². The minimum Gasteiger partial charge on any atom is -0.492 e. The first-order valence-electron chi connectivity index (χ1n) is 10.8. The molecule has 1 amide bonds. The molecule has 1 aliphatic heterocycles. The van der Waals surface area contributed by atoms with Crippen molar-refractivity contribution in [2.45, 2.75) is 11.8 Å². The molecule has 1 N–H and O–H groups in total. The van der Waals surface area contributed by atoms with Crippen molar-refractivity contribution in [3.63, 3.8) is 0 Å². The highest BCUT2D eigenvalue weighted by Gasteiger charge is 2.26. The number of nitrogens with one attached hydrogen (secondary N) is 1. The Morgan fingerprint density at radius 3 is 2.21 bits per heavy atom. The van der Waals surface area contributed by atoms with Gasteiger partial charge in [0.25, 0.3) is 5.91 Å². The van der Waals surface area contributed by atoms with E-state index in [0.717, 1.165) is 6.26 Å². The first-order valence-corrected chi connectivity index (χ1v) is 14.1. The largest absolute Gasteiger partial charge is 0.492 e. The van der Waals surface area contributed by atoms with Crippen LogP contribution in [0.25, 0.3) is 0 Å². The SMILES string of the molecule is CCN(c1ccc(C(=O)NCCOc2ccc(S(=O)(=O)N3CCOCC3)cc2)cc1)S(C)(=O)=O. The Hall–Kier alpha value is -2.67. The van der Waals surface area contributed by atoms with E-state index < -0.39 is 20.0 Å². The molecule has 0 saturated carbocycles. The van der Waals surface area contributed by atoms with E-state index in [-0.39, 0.29) is 24.0 Å². The summed E-state index contributed by atoms with van der Waals surface area (Å²) in [5.74, 6) is 0.171. The van der Waals surface area contributed by atoms with Gasteiger partial charge in [-0.05, 0) is 55.5 Å². The van der Waals surface area contributed by atoms with E-state index in [1.165, 1.54) is 20.7 Å². The number of benzene rings is 2. The summed E-state index contributed by atoms with van der Waals surface area (Å²) >= 11 is 0. The molecule has 10 nitrogen and oxygen atoms in total. The lowest BCUT2D eigenvalue weighted by molar-refractivity contribution is 0.0730. The third-order valence-electron chi connectivity index (χ3n) is 5.19. The zero-order chi connectivity index (χ0) is 24.8. The molecule has 1 fully saturated rings. The van der Waals surface area contributed by atoms with Crippen LogP contribution in [0.2, 0.25) is 0 Å². The molecule has 1 saturated heterocycles. The smallest absolute Gasteiger partial charge is 0.251 e. The maximum absolute atomic E-state index is 12.6. The van der Waals surface area contributed by atoms with Gasteiger partial charge in [0.15, 0.2) is 0 Å². The first-order chi connectivity index (χ1) is 16.1. The van der Waals surface area contributed by atoms with Crippen LogP contribution in [-0.2, 0) is 24.8 Å². The summed E-state index contributed by atoms with van der Waals surface area (Å²) < 4.78 is 62.3. The van der Waals surface area contributed by atoms with E-state index in [4.69, 9.17) is 9.47 Å². The van der Waals surface area contributed by atoms with Crippen LogP contribution in [0.5, 0.6) is 5.75 Å². The van der Waals surface area contributed by atoms with E-state index in [9.17, 15) is 21.6 Å². The monoisotopic (exact) mass is 511 g/mol. The molecule has 0 aliphatic carbocycles. The minimum absolute atomic E-state index is 0.191. The van der Waals surface area contributed by atoms with Gasteiger partial charge in [-0.2, -0.15) is 4.31 Å². The van der Waals surface area contributed by atoms with Crippen LogP contribution in [0.15, 0.2) is 53.4 Å². The lowest BCUT2D eigenvalue weighted by atomic mass is 10.2. The van der Waals surface area contributed by atoms with Gasteiger partial charge in [0.1, 0.15) is 12.4 Å². The fourth-order valence-corrected chi connectivity index (χ4v) is 5.85. The van der Waals surface area contributed by atoms with E-state index in [2.05, 4.69) is 5.32 Å². The third-order valence-corrected chi connectivity index (χ3v) is 8.38. The van der Waals surface area contributed by atoms with Crippen molar-refractivity contribution in [1.82, 2.24) is 9.62 Å². The summed E-state index contributed by atoms with van der Waals surface area (Å²) in [6, 6.07) is 12.4. The minimum atomic E-state index is -3.56. The Morgan fingerprint density at radius 1 is 1.03 bits per heavy atom. The molecule has 1 heterocycles. The lowest BCUT2D eigenvalue weighted by Crippen LogP contribution is -2.40. The number of carbonyl (C=O) groups is 1. The van der Waals surface area contributed by atoms with Crippen LogP contribution in [0.3, 0.4) is 0 Å². The summed E-state index contributed by atoms with van der Waals surface area (Å²) in [4.78, 5) is 12.5. The van der Waals surface area contributed by atoms with Crippen molar-refractivity contribution < 1.29 is 31.1 Å². The Morgan fingerprint density at radius 2 is 1.65 bits per heavy atom. The summed E-state index contributed by atoms with van der Waals surface area (Å²) in [5, 5.41) is 2.73. The number of hydrogen-bond donors (Lipinski definition) is 1. The van der Waals surface area contributed by atoms with Crippen LogP contribution < -0.4 is 14.4 Å². The summed E-state index contributed by atoms with van der Waals surface area (Å²) in [6.45, 7) is 3.88. The quantitative estimate of drug-likeness (QED) is 0.477. The average molecular weight is 512 g/mol. The molecule has 3 rings (SSSR count). The van der Waals surface area contributed by atoms with E-state index in [0.29, 0.717) is 49.8 Å². The maximum Gasteiger partial charge on any atom is 0.251 e. The van der Waals surface area contributed by atoms with Gasteiger partial charge < -0.3 is 14.8 Å². The van der Waals surface area contributed by atoms with E-state index in [1.54, 1.807) is 43.3 Å². The first kappa shape index (κ1) is 25.9. The molecular weight excluding hydrogens is 482 g/mol. The lowest BCUT2D eigenvalue weighted by Gasteiger charge is -2.26. The van der Waals surface area contributed by atoms with Gasteiger partial charge in [0, 0.05) is 25.2 Å². The van der Waals surface area contributed by atoms with Crippen LogP contribution in [0.1, 0.15) is 17.3 Å². The van der Waals surface area contributed by atoms with Crippen LogP contribution in [0.4, 0.5) is 5.69 Å². The van der Waals surface area contributed by atoms with Crippen molar-refractivity contribution >= 4 is 31.6 Å². The van der Waals surface area contributed by atoms with E-state index >= 15 is 0 Å². The summed E-state index contributed by atoms with van der Waals surface area (Å²) in [7, 11) is -6.95. The Bertz CT molecular complexity index is 1180. The summed E-state index contributed by atoms with van der Waals surface area (Å²) in [5.41, 5.74) is 0.884. The van der Waals surface area contributed by atoms with Gasteiger partial charge in [0.2, 0.25) is 20.0 Å². The summed E-state index contributed by atoms with van der Waals surface area (Å²) in [6.07, 6.45) is 1.13. The molecule has 0 atom stereocenters. The number of ether oxygens (including phenoxy) is 2. The third kappa shape index (κ3) is 6.47. The normalized spacial score (nSPS) is 15.0. The van der Waals surface area contributed by atoms with Gasteiger partial charge in [-0.25, -0.2) is 16.8 Å². The highest BCUT2D eigenvalue weighted by atomic mass is 32.2. The molecule has 0 radical (unpaired) electrons. The van der Waals surface area contributed by atoms with Crippen LogP contribution in [0, 0.1) is 0 Å². The zero-order valence-corrected chi connectivity index (χ0v) is 20.8. The highest BCUT2D eigenvalue weighted by molar-refractivity contribution is 7.92. The van der Waals surface area contributed by atoms with Gasteiger partial charge in [-0.1, -0.05) is 0 Å². The number of amides is 1. The van der Waals surface area contributed by atoms with Gasteiger partial charge >= 0.3 is 0 Å². The number of rotatable bonds is 10. The topological polar surface area (TPSA) is 122 Å². The molecule has 0 aromatic heterocycles. The number of hydrogen-bond acceptors (Lipinski definition) is 7. The molecule has 34 heavy (non-hydrogen) atoms. The van der Waals surface area contributed by atoms with Gasteiger partial charge in [0.05, 0.1) is 36.6 Å². The second-order valence-electron chi connectivity index (χ2n) is 7.57. The molecule has 12 heteroatoms. The van der Waals surface area contributed by atoms with Crippen LogP contribution >= 0.6 is 0 Å². The van der Waals surface area contributed by atoms with Crippen molar-refractivity contribution in [3.8, 4) is 5.75 Å². The van der Waals surface area contributed by atoms with Crippen molar-refractivity contribution in [1.29, 1.82) is 0 Å². The Balaban J connectivity index is 1.48. The second-order valence-corrected chi connectivity index (χ2v) is 11.4. The highest BCUT2D eigenvalue weighted by Crippen LogP contribution is 2.21. The van der Waals surface area contributed by atoms with E-state index in [1.807, 2.05) is 0 Å². The average Bonchev–Trinajstić information content (AvgIpc) is 2.82. The molecule has 186 valence electrons. The standard InChI is InChI=1S/C22H29N3O7S2/c1-3-25(33(2,27)28)19-6-4-18(5-7-19)22(26)23-12-15-32-20-8-10-21(11-9-20)34(29,30)24-13-16-31-17-14-24/h4-11H,3,12-17H2,1-2H3,(H,23,26). The number of anilines is 1. The number of sulfonamides is 2. The molecular formula is C22H29N3O7S2. The van der Waals surface area contributed by atoms with Crippen molar-refractivity contribution in [3.05, 3.63) is 54.1 Å². The van der Waals surface area contributed by atoms with Crippen molar-refractivity contribution in [2.75, 3.05) is 56.6 Å². The molecule has 0 spiro atoms. The fraction of sp³-hybridized carbons (Fsp3) is 0.409. The fourth-order valence-electron chi connectivity index (χ4n) is 3.47. The Labute approximate surface area is 200 Å². The predicted molar refractivity (Wildman–Crippen MR) is 128 cm³/mol. The van der Waals surface area contributed by atoms with Gasteiger partial charge in [-0.15, -0.1) is 0 Å². The molecule has 0 bridgehead atoms. The predicted octanol–water partition coefficient (Wildman–Crippen LogP) is 1.30. The molecule has 2 aromatic rings. The zero-order valence-electron chi connectivity index (χ0n) is 19.1. The van der Waals surface area contributed by atoms with Crippen molar-refractivity contribution in [2.24, 2.45) is 0 Å². The second kappa shape index (κ2) is 11.2. The molecule has 0 unspecified atom stereocenters.